The third kappa shape index (κ3) is 10.9. The number of nitrogens with zero attached hydrogens (tertiary/aromatic N) is 1. The van der Waals surface area contributed by atoms with Gasteiger partial charge in [-0.3, -0.25) is 4.79 Å². The van der Waals surface area contributed by atoms with Gasteiger partial charge in [-0.15, -0.1) is 11.3 Å². The van der Waals surface area contributed by atoms with E-state index in [0.717, 1.165) is 36.2 Å². The number of halogens is 3. The van der Waals surface area contributed by atoms with E-state index < -0.39 is 40.6 Å². The first kappa shape index (κ1) is 31.5. The second kappa shape index (κ2) is 13.4. The lowest BCUT2D eigenvalue weighted by Gasteiger charge is -2.29. The lowest BCUT2D eigenvalue weighted by Crippen LogP contribution is -2.49. The maximum absolute atomic E-state index is 13.0. The van der Waals surface area contributed by atoms with Crippen LogP contribution < -0.4 is 4.72 Å². The number of benzene rings is 1. The van der Waals surface area contributed by atoms with Crippen LogP contribution in [0.3, 0.4) is 0 Å². The average Bonchev–Trinajstić information content (AvgIpc) is 3.27. The van der Waals surface area contributed by atoms with Crippen molar-refractivity contribution >= 4 is 33.3 Å². The molecular formula is C26H32F3N2O5S2+. The van der Waals surface area contributed by atoms with Crippen LogP contribution in [0.4, 0.5) is 13.2 Å². The van der Waals surface area contributed by atoms with Gasteiger partial charge in [-0.1, -0.05) is 43.7 Å². The topological polar surface area (TPSA) is 89.5 Å². The van der Waals surface area contributed by atoms with E-state index in [1.54, 1.807) is 27.2 Å². The minimum absolute atomic E-state index is 0.0427. The lowest BCUT2D eigenvalue weighted by atomic mass is 10.1. The van der Waals surface area contributed by atoms with Crippen molar-refractivity contribution in [2.24, 2.45) is 0 Å². The van der Waals surface area contributed by atoms with E-state index in [2.05, 4.69) is 28.2 Å². The molecule has 38 heavy (non-hydrogen) atoms. The molecule has 1 atom stereocenters. The smallest absolute Gasteiger partial charge is 0.386 e. The summed E-state index contributed by atoms with van der Waals surface area (Å²) in [5.74, 6) is 1.81. The summed E-state index contributed by atoms with van der Waals surface area (Å²) >= 11 is 0.920. The van der Waals surface area contributed by atoms with Gasteiger partial charge in [-0.2, -0.15) is 13.2 Å². The van der Waals surface area contributed by atoms with Gasteiger partial charge >= 0.3 is 18.1 Å². The van der Waals surface area contributed by atoms with Gasteiger partial charge in [0.2, 0.25) is 0 Å². The molecule has 0 aliphatic rings. The zero-order valence-electron chi connectivity index (χ0n) is 21.7. The number of hydrogen-bond donors (Lipinski definition) is 1. The highest BCUT2D eigenvalue weighted by atomic mass is 32.2. The Kier molecular flexibility index (Phi) is 11.1. The molecule has 0 spiro atoms. The molecule has 0 bridgehead atoms. The van der Waals surface area contributed by atoms with E-state index in [0.29, 0.717) is 4.88 Å². The second-order valence-electron chi connectivity index (χ2n) is 9.78. The molecule has 1 aromatic carbocycles. The number of carbonyl (C=O) groups is 2. The Morgan fingerprint density at radius 3 is 2.29 bits per heavy atom. The fraction of sp³-hybridized carbons (Fsp3) is 0.462. The molecule has 0 saturated heterocycles. The van der Waals surface area contributed by atoms with Crippen LogP contribution in [0, 0.1) is 11.8 Å². The number of sulfonamides is 1. The lowest BCUT2D eigenvalue weighted by molar-refractivity contribution is -0.871. The molecule has 12 heteroatoms. The van der Waals surface area contributed by atoms with E-state index in [9.17, 15) is 31.2 Å². The van der Waals surface area contributed by atoms with Crippen molar-refractivity contribution in [3.05, 3.63) is 52.4 Å². The maximum Gasteiger partial charge on any atom is 0.491 e. The Labute approximate surface area is 225 Å². The molecule has 0 unspecified atom stereocenters. The summed E-state index contributed by atoms with van der Waals surface area (Å²) in [5.41, 5.74) is 2.02. The van der Waals surface area contributed by atoms with Crippen LogP contribution in [0.1, 0.15) is 48.6 Å². The molecule has 2 aromatic rings. The number of unbranched alkanes of at least 4 members (excludes halogenated alkanes) is 2. The summed E-state index contributed by atoms with van der Waals surface area (Å²) < 4.78 is 69.5. The first-order chi connectivity index (χ1) is 17.6. The molecule has 0 aliphatic heterocycles. The highest BCUT2D eigenvalue weighted by Crippen LogP contribution is 2.22. The van der Waals surface area contributed by atoms with E-state index in [-0.39, 0.29) is 15.2 Å². The number of thiophene rings is 1. The van der Waals surface area contributed by atoms with Crippen LogP contribution in [-0.4, -0.2) is 64.7 Å². The summed E-state index contributed by atoms with van der Waals surface area (Å²) in [7, 11) is 1.000. The van der Waals surface area contributed by atoms with Gasteiger partial charge in [-0.05, 0) is 42.7 Å². The molecule has 1 aromatic heterocycles. The highest BCUT2D eigenvalue weighted by molar-refractivity contribution is 7.91. The third-order valence-corrected chi connectivity index (χ3v) is 8.15. The summed E-state index contributed by atoms with van der Waals surface area (Å²) in [5, 5.41) is 0. The Bertz CT molecular complexity index is 1270. The summed E-state index contributed by atoms with van der Waals surface area (Å²) in [4.78, 5) is 23.4. The Hall–Kier alpha value is -2.72. The van der Waals surface area contributed by atoms with Crippen LogP contribution in [-0.2, 0) is 30.8 Å². The Morgan fingerprint density at radius 1 is 1.05 bits per heavy atom. The highest BCUT2D eigenvalue weighted by Gasteiger charge is 2.43. The molecule has 0 radical (unpaired) electrons. The van der Waals surface area contributed by atoms with Gasteiger partial charge in [0.15, 0.2) is 0 Å². The molecule has 0 aliphatic carbocycles. The quantitative estimate of drug-likeness (QED) is 0.143. The molecule has 7 nitrogen and oxygen atoms in total. The summed E-state index contributed by atoms with van der Waals surface area (Å²) in [6.07, 6.45) is -1.63. The molecule has 208 valence electrons. The van der Waals surface area contributed by atoms with Crippen molar-refractivity contribution in [3.8, 4) is 11.8 Å². The molecular weight excluding hydrogens is 541 g/mol. The maximum atomic E-state index is 13.0. The van der Waals surface area contributed by atoms with Crippen molar-refractivity contribution in [2.45, 2.75) is 55.5 Å². The van der Waals surface area contributed by atoms with Gasteiger partial charge in [0, 0.05) is 5.56 Å². The molecule has 0 fully saturated rings. The molecule has 2 rings (SSSR count). The average molecular weight is 574 g/mol. The van der Waals surface area contributed by atoms with E-state index >= 15 is 0 Å². The second-order valence-corrected chi connectivity index (χ2v) is 12.8. The summed E-state index contributed by atoms with van der Waals surface area (Å²) in [6, 6.07) is 9.67. The van der Waals surface area contributed by atoms with E-state index in [1.807, 2.05) is 24.3 Å². The molecule has 1 heterocycles. The van der Waals surface area contributed by atoms with E-state index in [1.165, 1.54) is 18.1 Å². The zero-order chi connectivity index (χ0) is 28.6. The van der Waals surface area contributed by atoms with Crippen LogP contribution in [0.5, 0.6) is 0 Å². The summed E-state index contributed by atoms with van der Waals surface area (Å²) in [6.45, 7) is 2.20. The van der Waals surface area contributed by atoms with Crippen LogP contribution in [0.15, 0.2) is 40.6 Å². The third-order valence-electron chi connectivity index (χ3n) is 5.14. The number of aryl methyl sites for hydroxylation is 1. The molecule has 0 saturated carbocycles. The van der Waals surface area contributed by atoms with Gasteiger partial charge in [0.25, 0.3) is 10.0 Å². The van der Waals surface area contributed by atoms with Crippen molar-refractivity contribution in [2.75, 3.05) is 27.7 Å². The number of rotatable bonds is 11. The fourth-order valence-corrected chi connectivity index (χ4v) is 5.89. The van der Waals surface area contributed by atoms with Crippen LogP contribution in [0.25, 0.3) is 0 Å². The Morgan fingerprint density at radius 2 is 1.71 bits per heavy atom. The number of esters is 2. The van der Waals surface area contributed by atoms with Crippen molar-refractivity contribution in [1.29, 1.82) is 0 Å². The number of hydrogen-bond acceptors (Lipinski definition) is 6. The largest absolute Gasteiger partial charge is 0.491 e. The first-order valence-electron chi connectivity index (χ1n) is 11.9. The van der Waals surface area contributed by atoms with Gasteiger partial charge in [-0.25, -0.2) is 17.9 Å². The minimum atomic E-state index is -5.34. The number of likely N-dealkylation sites (N-methyl/N-ethyl adjacent to an activating group) is 1. The standard InChI is InChI=1S/C26H32F3N2O5S2/c1-5-6-7-8-19-9-11-20(12-10-19)13-14-22-15-16-24(37-22)38(34,35)30-21(18-31(2,3)4)17-23(32)36-25(33)26(27,28)29/h9-12,15-16,21,30H,5-8,17-18H2,1-4H3/q+1/t21-/m1/s1. The van der Waals surface area contributed by atoms with Gasteiger partial charge in [0.1, 0.15) is 4.21 Å². The van der Waals surface area contributed by atoms with Crippen LogP contribution >= 0.6 is 11.3 Å². The normalized spacial score (nSPS) is 12.9. The number of nitrogens with one attached hydrogen (secondary N) is 1. The van der Waals surface area contributed by atoms with Gasteiger partial charge < -0.3 is 9.22 Å². The van der Waals surface area contributed by atoms with Crippen LogP contribution in [0.2, 0.25) is 0 Å². The first-order valence-corrected chi connectivity index (χ1v) is 14.2. The Balaban J connectivity index is 2.11. The number of quaternary nitrogens is 1. The number of carbonyl (C=O) groups excluding carboxylic acids is 2. The SMILES string of the molecule is CCCCCc1ccc(C#Cc2ccc(S(=O)(=O)N[C@H](CC(=O)OC(=O)C(F)(F)F)C[N+](C)(C)C)s2)cc1. The fourth-order valence-electron chi connectivity index (χ4n) is 3.49. The number of alkyl halides is 3. The zero-order valence-corrected chi connectivity index (χ0v) is 23.4. The monoisotopic (exact) mass is 573 g/mol. The van der Waals surface area contributed by atoms with Gasteiger partial charge in [0.05, 0.1) is 45.0 Å². The minimum Gasteiger partial charge on any atom is -0.386 e. The predicted octanol–water partition coefficient (Wildman–Crippen LogP) is 4.26. The number of ether oxygens (including phenoxy) is 1. The van der Waals surface area contributed by atoms with Crippen molar-refractivity contribution in [3.63, 3.8) is 0 Å². The van der Waals surface area contributed by atoms with E-state index in [4.69, 9.17) is 0 Å². The predicted molar refractivity (Wildman–Crippen MR) is 139 cm³/mol. The van der Waals surface area contributed by atoms with Crippen molar-refractivity contribution in [1.82, 2.24) is 4.72 Å². The molecule has 0 amide bonds. The van der Waals surface area contributed by atoms with Crippen molar-refractivity contribution < 1.29 is 40.4 Å². The molecule has 1 N–H and O–H groups in total.